The van der Waals surface area contributed by atoms with E-state index in [-0.39, 0.29) is 10.6 Å². The van der Waals surface area contributed by atoms with Crippen molar-refractivity contribution in [2.24, 2.45) is 5.73 Å². The maximum absolute atomic E-state index is 12.3. The predicted octanol–water partition coefficient (Wildman–Crippen LogP) is 0.155. The first-order chi connectivity index (χ1) is 21.7. The van der Waals surface area contributed by atoms with Crippen molar-refractivity contribution in [2.45, 2.75) is 49.6 Å². The molecule has 1 atom stereocenters. The van der Waals surface area contributed by atoms with Gasteiger partial charge in [-0.15, -0.1) is 10.2 Å². The number of pyridine rings is 1. The lowest BCUT2D eigenvalue weighted by atomic mass is 9.83. The number of aryl methyl sites for hydroxylation is 1. The lowest BCUT2D eigenvalue weighted by Crippen LogP contribution is -2.68. The Labute approximate surface area is 268 Å². The molecule has 0 bridgehead atoms. The first-order valence-electron chi connectivity index (χ1n) is 14.2. The number of fused-ring (bicyclic) bond motifs is 3. The Kier molecular flexibility index (Phi) is 11.1. The summed E-state index contributed by atoms with van der Waals surface area (Å²) < 4.78 is 76.0. The zero-order valence-electron chi connectivity index (χ0n) is 24.8. The average Bonchev–Trinajstić information content (AvgIpc) is 3.01. The molecule has 4 N–H and O–H groups in total. The summed E-state index contributed by atoms with van der Waals surface area (Å²) in [5.41, 5.74) is 13.7. The van der Waals surface area contributed by atoms with Crippen LogP contribution in [0, 0.1) is 10.2 Å². The van der Waals surface area contributed by atoms with Crippen LogP contribution in [0.15, 0.2) is 83.8 Å². The summed E-state index contributed by atoms with van der Waals surface area (Å²) in [6, 6.07) is 24.3. The first-order valence-corrected chi connectivity index (χ1v) is 16.9. The van der Waals surface area contributed by atoms with Gasteiger partial charge in [0.2, 0.25) is 11.4 Å². The zero-order chi connectivity index (χ0) is 33.6. The van der Waals surface area contributed by atoms with Gasteiger partial charge in [-0.2, -0.15) is 13.0 Å². The molecule has 244 valence electrons. The molecule has 12 nitrogen and oxygen atoms in total. The molecule has 5 rings (SSSR count). The van der Waals surface area contributed by atoms with Gasteiger partial charge in [0, 0.05) is 29.2 Å². The van der Waals surface area contributed by atoms with E-state index in [0.717, 1.165) is 52.9 Å². The van der Waals surface area contributed by atoms with Crippen LogP contribution in [0.25, 0.3) is 33.6 Å². The van der Waals surface area contributed by atoms with E-state index in [1.807, 2.05) is 48.5 Å². The molecular weight excluding hydrogens is 640 g/mol. The lowest BCUT2D eigenvalue weighted by molar-refractivity contribution is -2.00. The molecule has 14 heteroatoms. The predicted molar refractivity (Wildman–Crippen MR) is 156 cm³/mol. The minimum Gasteiger partial charge on any atom is -0.495 e. The van der Waals surface area contributed by atoms with E-state index >= 15 is 0 Å². The second-order valence-corrected chi connectivity index (χ2v) is 12.8. The van der Waals surface area contributed by atoms with Crippen LogP contribution in [0.1, 0.15) is 30.4 Å². The van der Waals surface area contributed by atoms with Crippen LogP contribution in [0.3, 0.4) is 0 Å². The molecule has 1 aliphatic carbocycles. The number of carbonyl (C=O) groups is 1. The molecule has 0 radical (unpaired) electrons. The molecule has 1 unspecified atom stereocenters. The van der Waals surface area contributed by atoms with Crippen molar-refractivity contribution in [2.75, 3.05) is 7.11 Å². The number of halogens is 1. The average molecular weight is 673 g/mol. The Bertz CT molecular complexity index is 1810. The maximum atomic E-state index is 12.3. The number of hydrogen-bond donors (Lipinski definition) is 3. The molecule has 0 spiro atoms. The molecule has 1 aromatic heterocycles. The number of rotatable bonds is 10. The fourth-order valence-electron chi connectivity index (χ4n) is 5.64. The standard InChI is InChI=1S/C32H32N2O6S.ClHO4/c1-40-29-17-15-23(19-30(29)41(37,38)39)26-20-28(22-10-3-2-4-11-22)34(18-8-7-13-27(33)32(35)36)31-24-12-6-5-9-21(24)14-16-25(26)31;2-1(3,4)5/h2-6,9-12,15,17,19-20,27H,7-8,13-14,16,18,33H2,1H3,(H-,35,36,37,38,39);(H,2,3,4,5). The highest BCUT2D eigenvalue weighted by Gasteiger charge is 2.32. The van der Waals surface area contributed by atoms with Gasteiger partial charge in [0.1, 0.15) is 23.2 Å². The number of hydrogen-bond acceptors (Lipinski definition) is 9. The van der Waals surface area contributed by atoms with Gasteiger partial charge in [0.15, 0.2) is 0 Å². The Morgan fingerprint density at radius 1 is 0.935 bits per heavy atom. The summed E-state index contributed by atoms with van der Waals surface area (Å²) in [5.74, 6) is -0.925. The Morgan fingerprint density at radius 2 is 1.59 bits per heavy atom. The van der Waals surface area contributed by atoms with E-state index in [1.165, 1.54) is 18.7 Å². The first kappa shape index (κ1) is 34.9. The van der Waals surface area contributed by atoms with E-state index in [1.54, 1.807) is 6.07 Å². The second-order valence-electron chi connectivity index (χ2n) is 10.6. The topological polar surface area (TPSA) is 223 Å². The molecular formula is C32H33ClN2O10S. The minimum atomic E-state index is -4.94. The maximum Gasteiger partial charge on any atom is 0.320 e. The van der Waals surface area contributed by atoms with Gasteiger partial charge in [-0.05, 0) is 72.7 Å². The van der Waals surface area contributed by atoms with Crippen LogP contribution in [0.2, 0.25) is 0 Å². The zero-order valence-corrected chi connectivity index (χ0v) is 26.4. The second kappa shape index (κ2) is 14.7. The molecule has 0 amide bonds. The fraction of sp³-hybridized carbons (Fsp3) is 0.250. The van der Waals surface area contributed by atoms with E-state index in [4.69, 9.17) is 29.1 Å². The summed E-state index contributed by atoms with van der Waals surface area (Å²) >= 11 is 0. The van der Waals surface area contributed by atoms with Gasteiger partial charge >= 0.3 is 5.97 Å². The van der Waals surface area contributed by atoms with Crippen molar-refractivity contribution in [3.8, 4) is 39.4 Å². The number of aromatic nitrogens is 1. The van der Waals surface area contributed by atoms with Crippen molar-refractivity contribution < 1.29 is 61.1 Å². The van der Waals surface area contributed by atoms with Crippen molar-refractivity contribution in [3.63, 3.8) is 0 Å². The van der Waals surface area contributed by atoms with Crippen LogP contribution in [-0.2, 0) is 34.3 Å². The SMILES string of the molecule is COc1ccc(-c2cc(-c3ccccc3)[n+](CCCCC(N)C(=O)O)c3c2CCc2ccccc2-3)cc1S(=O)(=O)O.[O-][Cl+3]([O-])([O-])[O-]. The number of aliphatic carboxylic acids is 1. The van der Waals surface area contributed by atoms with Crippen LogP contribution < -0.4 is 33.7 Å². The number of nitrogens with two attached hydrogens (primary N) is 1. The molecule has 1 heterocycles. The number of ether oxygens (including phenoxy) is 1. The Hall–Kier alpha value is -3.92. The number of carboxylic acid groups (broad SMARTS) is 1. The molecule has 1 aliphatic rings. The molecule has 0 saturated heterocycles. The van der Waals surface area contributed by atoms with Crippen LogP contribution in [0.4, 0.5) is 0 Å². The highest BCUT2D eigenvalue weighted by Crippen LogP contribution is 2.40. The Morgan fingerprint density at radius 3 is 2.22 bits per heavy atom. The van der Waals surface area contributed by atoms with Crippen molar-refractivity contribution in [1.82, 2.24) is 0 Å². The summed E-state index contributed by atoms with van der Waals surface area (Å²) in [7, 11) is -8.11. The van der Waals surface area contributed by atoms with Crippen LogP contribution >= 0.6 is 0 Å². The number of benzene rings is 3. The summed E-state index contributed by atoms with van der Waals surface area (Å²) in [5, 5.41) is 9.21. The van der Waals surface area contributed by atoms with E-state index in [0.29, 0.717) is 24.9 Å². The van der Waals surface area contributed by atoms with Gasteiger partial charge in [-0.3, -0.25) is 9.35 Å². The quantitative estimate of drug-likeness (QED) is 0.117. The largest absolute Gasteiger partial charge is 0.495 e. The number of nitrogens with zero attached hydrogens (tertiary/aromatic N) is 1. The molecule has 46 heavy (non-hydrogen) atoms. The smallest absolute Gasteiger partial charge is 0.320 e. The normalized spacial score (nSPS) is 13.1. The minimum absolute atomic E-state index is 0.0734. The molecule has 0 fully saturated rings. The van der Waals surface area contributed by atoms with E-state index in [2.05, 4.69) is 22.8 Å². The molecule has 4 aromatic rings. The van der Waals surface area contributed by atoms with Crippen molar-refractivity contribution in [3.05, 3.63) is 90.0 Å². The van der Waals surface area contributed by atoms with Gasteiger partial charge in [-0.25, -0.2) is 18.6 Å². The number of carboxylic acids is 1. The van der Waals surface area contributed by atoms with Crippen molar-refractivity contribution in [1.29, 1.82) is 0 Å². The number of methoxy groups -OCH3 is 1. The third kappa shape index (κ3) is 8.66. The summed E-state index contributed by atoms with van der Waals surface area (Å²) in [6.45, 7) is 0.645. The molecule has 3 aromatic carbocycles. The fourth-order valence-corrected chi connectivity index (χ4v) is 6.33. The highest BCUT2D eigenvalue weighted by atomic mass is 35.7. The molecule has 0 aliphatic heterocycles. The summed E-state index contributed by atoms with van der Waals surface area (Å²) in [6.07, 6.45) is 3.35. The van der Waals surface area contributed by atoms with Gasteiger partial charge < -0.3 is 15.6 Å². The van der Waals surface area contributed by atoms with Crippen LogP contribution in [-0.4, -0.2) is 37.2 Å². The lowest BCUT2D eigenvalue weighted by Gasteiger charge is -2.23. The monoisotopic (exact) mass is 672 g/mol. The third-order valence-electron chi connectivity index (χ3n) is 7.66. The Balaban J connectivity index is 0.000000892. The third-order valence-corrected chi connectivity index (χ3v) is 8.53. The van der Waals surface area contributed by atoms with E-state index in [9.17, 15) is 22.9 Å². The number of unbranched alkanes of at least 4 members (excludes halogenated alkanes) is 1. The van der Waals surface area contributed by atoms with Gasteiger partial charge in [0.25, 0.3) is 10.1 Å². The van der Waals surface area contributed by atoms with Gasteiger partial charge in [0.05, 0.1) is 7.11 Å². The summed E-state index contributed by atoms with van der Waals surface area (Å²) in [4.78, 5) is 11.0. The van der Waals surface area contributed by atoms with E-state index < -0.39 is 32.4 Å². The highest BCUT2D eigenvalue weighted by molar-refractivity contribution is 7.86. The van der Waals surface area contributed by atoms with Gasteiger partial charge in [-0.1, -0.05) is 42.5 Å². The van der Waals surface area contributed by atoms with Crippen LogP contribution in [0.5, 0.6) is 5.75 Å². The van der Waals surface area contributed by atoms with Crippen molar-refractivity contribution >= 4 is 16.1 Å². The molecule has 0 saturated carbocycles.